The van der Waals surface area contributed by atoms with Gasteiger partial charge >= 0.3 is 12.0 Å². The van der Waals surface area contributed by atoms with Gasteiger partial charge in [0.05, 0.1) is 19.3 Å². The Hall–Kier alpha value is -2.96. The summed E-state index contributed by atoms with van der Waals surface area (Å²) >= 11 is 0. The van der Waals surface area contributed by atoms with Crippen LogP contribution in [0.5, 0.6) is 5.75 Å². The summed E-state index contributed by atoms with van der Waals surface area (Å²) in [5.74, 6) is 0.191. The van der Waals surface area contributed by atoms with Crippen LogP contribution in [0.25, 0.3) is 0 Å². The molecule has 1 unspecified atom stereocenters. The molecule has 1 aromatic heterocycles. The van der Waals surface area contributed by atoms with Gasteiger partial charge in [0, 0.05) is 13.1 Å². The van der Waals surface area contributed by atoms with Crippen molar-refractivity contribution < 1.29 is 23.8 Å². The molecule has 0 radical (unpaired) electrons. The number of aliphatic carboxylic acids is 1. The Kier molecular flexibility index (Phi) is 5.46. The quantitative estimate of drug-likeness (QED) is 0.857. The zero-order valence-electron chi connectivity index (χ0n) is 14.6. The molecule has 0 spiro atoms. The van der Waals surface area contributed by atoms with Crippen molar-refractivity contribution in [3.05, 3.63) is 54.0 Å². The lowest BCUT2D eigenvalue weighted by atomic mass is 9.97. The van der Waals surface area contributed by atoms with Gasteiger partial charge in [0.2, 0.25) is 0 Å². The van der Waals surface area contributed by atoms with E-state index in [9.17, 15) is 9.59 Å². The molecule has 2 amide bonds. The number of piperidine rings is 1. The number of amides is 2. The average Bonchev–Trinajstić information content (AvgIpc) is 3.20. The third kappa shape index (κ3) is 3.99. The molecule has 2 heterocycles. The first kappa shape index (κ1) is 17.8. The van der Waals surface area contributed by atoms with Gasteiger partial charge in [0.15, 0.2) is 0 Å². The summed E-state index contributed by atoms with van der Waals surface area (Å²) in [6.07, 6.45) is 2.50. The zero-order valence-corrected chi connectivity index (χ0v) is 14.6. The van der Waals surface area contributed by atoms with Crippen LogP contribution in [0.1, 0.15) is 30.2 Å². The SMILES string of the molecule is COc1ccc(C(NC(=O)N2CCC(C(=O)O)CC2)c2ccco2)cc1. The topological polar surface area (TPSA) is 92.0 Å². The van der Waals surface area contributed by atoms with Crippen molar-refractivity contribution >= 4 is 12.0 Å². The molecule has 1 aliphatic rings. The number of likely N-dealkylation sites (tertiary alicyclic amines) is 1. The lowest BCUT2D eigenvalue weighted by molar-refractivity contribution is -0.143. The number of benzene rings is 1. The Balaban J connectivity index is 1.72. The van der Waals surface area contributed by atoms with Gasteiger partial charge in [0.1, 0.15) is 17.6 Å². The summed E-state index contributed by atoms with van der Waals surface area (Å²) < 4.78 is 10.7. The maximum absolute atomic E-state index is 12.7. The zero-order chi connectivity index (χ0) is 18.5. The van der Waals surface area contributed by atoms with Crippen molar-refractivity contribution in [2.45, 2.75) is 18.9 Å². The number of carbonyl (C=O) groups excluding carboxylic acids is 1. The second-order valence-electron chi connectivity index (χ2n) is 6.27. The maximum Gasteiger partial charge on any atom is 0.318 e. The number of rotatable bonds is 5. The minimum atomic E-state index is -0.795. The number of nitrogens with zero attached hydrogens (tertiary/aromatic N) is 1. The van der Waals surface area contributed by atoms with Gasteiger partial charge in [-0.05, 0) is 42.7 Å². The smallest absolute Gasteiger partial charge is 0.318 e. The van der Waals surface area contributed by atoms with E-state index in [0.29, 0.717) is 31.7 Å². The molecule has 7 nitrogen and oxygen atoms in total. The number of hydrogen-bond acceptors (Lipinski definition) is 4. The molecule has 1 fully saturated rings. The van der Waals surface area contributed by atoms with E-state index >= 15 is 0 Å². The minimum absolute atomic E-state index is 0.231. The molecule has 2 N–H and O–H groups in total. The molecule has 1 aliphatic heterocycles. The van der Waals surface area contributed by atoms with Crippen LogP contribution in [0.2, 0.25) is 0 Å². The van der Waals surface area contributed by atoms with Crippen LogP contribution >= 0.6 is 0 Å². The van der Waals surface area contributed by atoms with Crippen molar-refractivity contribution in [3.63, 3.8) is 0 Å². The third-order valence-electron chi connectivity index (χ3n) is 4.68. The summed E-state index contributed by atoms with van der Waals surface area (Å²) in [4.78, 5) is 25.4. The monoisotopic (exact) mass is 358 g/mol. The van der Waals surface area contributed by atoms with Gasteiger partial charge in [-0.2, -0.15) is 0 Å². The molecule has 1 atom stereocenters. The summed E-state index contributed by atoms with van der Waals surface area (Å²) in [6.45, 7) is 0.854. The van der Waals surface area contributed by atoms with E-state index in [4.69, 9.17) is 14.3 Å². The normalized spacial score (nSPS) is 16.1. The average molecular weight is 358 g/mol. The van der Waals surface area contributed by atoms with E-state index in [-0.39, 0.29) is 11.9 Å². The van der Waals surface area contributed by atoms with Gasteiger partial charge in [-0.25, -0.2) is 4.79 Å². The molecule has 7 heteroatoms. The summed E-state index contributed by atoms with van der Waals surface area (Å²) in [7, 11) is 1.60. The molecule has 138 valence electrons. The Morgan fingerprint density at radius 2 is 1.92 bits per heavy atom. The lowest BCUT2D eigenvalue weighted by Crippen LogP contribution is -2.46. The summed E-state index contributed by atoms with van der Waals surface area (Å²) in [5, 5.41) is 12.1. The van der Waals surface area contributed by atoms with Crippen LogP contribution in [-0.2, 0) is 4.79 Å². The number of methoxy groups -OCH3 is 1. The van der Waals surface area contributed by atoms with Gasteiger partial charge in [-0.1, -0.05) is 12.1 Å². The number of nitrogens with one attached hydrogen (secondary N) is 1. The Morgan fingerprint density at radius 3 is 2.46 bits per heavy atom. The Bertz CT molecular complexity index is 734. The van der Waals surface area contributed by atoms with E-state index in [0.717, 1.165) is 11.3 Å². The molecule has 0 bridgehead atoms. The molecule has 0 saturated carbocycles. The summed E-state index contributed by atoms with van der Waals surface area (Å²) in [6, 6.07) is 10.3. The first-order valence-corrected chi connectivity index (χ1v) is 8.54. The van der Waals surface area contributed by atoms with Crippen LogP contribution in [0.3, 0.4) is 0 Å². The second kappa shape index (κ2) is 7.95. The minimum Gasteiger partial charge on any atom is -0.497 e. The fourth-order valence-corrected chi connectivity index (χ4v) is 3.11. The van der Waals surface area contributed by atoms with Crippen LogP contribution in [0, 0.1) is 5.92 Å². The predicted molar refractivity (Wildman–Crippen MR) is 94.0 cm³/mol. The van der Waals surface area contributed by atoms with E-state index in [1.54, 1.807) is 24.3 Å². The van der Waals surface area contributed by atoms with E-state index in [1.807, 2.05) is 30.3 Å². The lowest BCUT2D eigenvalue weighted by Gasteiger charge is -2.31. The molecular weight excluding hydrogens is 336 g/mol. The summed E-state index contributed by atoms with van der Waals surface area (Å²) in [5.41, 5.74) is 0.870. The van der Waals surface area contributed by atoms with E-state index in [2.05, 4.69) is 5.32 Å². The molecule has 26 heavy (non-hydrogen) atoms. The van der Waals surface area contributed by atoms with Crippen LogP contribution in [0.15, 0.2) is 47.1 Å². The first-order chi connectivity index (χ1) is 12.6. The molecule has 0 aliphatic carbocycles. The molecule has 1 aromatic carbocycles. The molecule has 1 saturated heterocycles. The van der Waals surface area contributed by atoms with Gasteiger partial charge in [-0.3, -0.25) is 4.79 Å². The highest BCUT2D eigenvalue weighted by atomic mass is 16.5. The fraction of sp³-hybridized carbons (Fsp3) is 0.368. The largest absolute Gasteiger partial charge is 0.497 e. The molecule has 3 rings (SSSR count). The van der Waals surface area contributed by atoms with Crippen molar-refractivity contribution in [2.75, 3.05) is 20.2 Å². The van der Waals surface area contributed by atoms with Crippen LogP contribution < -0.4 is 10.1 Å². The number of carboxylic acids is 1. The number of hydrogen-bond donors (Lipinski definition) is 2. The molecular formula is C19H22N2O5. The maximum atomic E-state index is 12.7. The third-order valence-corrected chi connectivity index (χ3v) is 4.68. The second-order valence-corrected chi connectivity index (χ2v) is 6.27. The fourth-order valence-electron chi connectivity index (χ4n) is 3.11. The highest BCUT2D eigenvalue weighted by Crippen LogP contribution is 2.25. The first-order valence-electron chi connectivity index (χ1n) is 8.54. The molecule has 2 aromatic rings. The van der Waals surface area contributed by atoms with Gasteiger partial charge < -0.3 is 24.5 Å². The van der Waals surface area contributed by atoms with Crippen LogP contribution in [-0.4, -0.2) is 42.2 Å². The standard InChI is InChI=1S/C19H22N2O5/c1-25-15-6-4-13(5-7-15)17(16-3-2-12-26-16)20-19(24)21-10-8-14(9-11-21)18(22)23/h2-7,12,14,17H,8-11H2,1H3,(H,20,24)(H,22,23). The van der Waals surface area contributed by atoms with Gasteiger partial charge in [0.25, 0.3) is 0 Å². The Morgan fingerprint density at radius 1 is 1.23 bits per heavy atom. The highest BCUT2D eigenvalue weighted by Gasteiger charge is 2.29. The van der Waals surface area contributed by atoms with E-state index < -0.39 is 12.0 Å². The number of urea groups is 1. The van der Waals surface area contributed by atoms with E-state index in [1.165, 1.54) is 0 Å². The predicted octanol–water partition coefficient (Wildman–Crippen LogP) is 2.88. The number of ether oxygens (including phenoxy) is 1. The number of furan rings is 1. The van der Waals surface area contributed by atoms with Crippen molar-refractivity contribution in [1.82, 2.24) is 10.2 Å². The number of carbonyl (C=O) groups is 2. The Labute approximate surface area is 151 Å². The highest BCUT2D eigenvalue weighted by molar-refractivity contribution is 5.76. The van der Waals surface area contributed by atoms with Crippen molar-refractivity contribution in [3.8, 4) is 5.75 Å². The van der Waals surface area contributed by atoms with Crippen molar-refractivity contribution in [1.29, 1.82) is 0 Å². The van der Waals surface area contributed by atoms with Crippen molar-refractivity contribution in [2.24, 2.45) is 5.92 Å². The van der Waals surface area contributed by atoms with Crippen LogP contribution in [0.4, 0.5) is 4.79 Å². The number of carboxylic acid groups (broad SMARTS) is 1. The van der Waals surface area contributed by atoms with Gasteiger partial charge in [-0.15, -0.1) is 0 Å².